The van der Waals surface area contributed by atoms with Crippen LogP contribution in [0.2, 0.25) is 0 Å². The van der Waals surface area contributed by atoms with Crippen molar-refractivity contribution >= 4 is 27.3 Å². The van der Waals surface area contributed by atoms with Crippen LogP contribution in [0.5, 0.6) is 0 Å². The maximum absolute atomic E-state index is 5.51. The minimum absolute atomic E-state index is 0.297. The summed E-state index contributed by atoms with van der Waals surface area (Å²) >= 11 is 5.42. The molecule has 0 radical (unpaired) electrons. The van der Waals surface area contributed by atoms with Crippen LogP contribution in [0.3, 0.4) is 0 Å². The van der Waals surface area contributed by atoms with Crippen molar-refractivity contribution in [3.05, 3.63) is 20.8 Å². The molecule has 0 aromatic carbocycles. The Morgan fingerprint density at radius 1 is 1.47 bits per heavy atom. The minimum Gasteiger partial charge on any atom is -0.379 e. The van der Waals surface area contributed by atoms with Gasteiger partial charge in [0.25, 0.3) is 0 Å². The number of halogens is 1. The summed E-state index contributed by atoms with van der Waals surface area (Å²) < 4.78 is 6.72. The Bertz CT molecular complexity index is 383. The molecule has 0 saturated carbocycles. The molecule has 94 valence electrons. The Hall–Kier alpha value is 0.1000. The van der Waals surface area contributed by atoms with Crippen molar-refractivity contribution in [3.63, 3.8) is 0 Å². The predicted molar refractivity (Wildman–Crippen MR) is 74.8 cm³/mol. The molecule has 1 aromatic rings. The lowest BCUT2D eigenvalue weighted by atomic mass is 9.77. The summed E-state index contributed by atoms with van der Waals surface area (Å²) in [5, 5.41) is 5.84. The Balaban J connectivity index is 1.73. The van der Waals surface area contributed by atoms with E-state index in [1.165, 1.54) is 41.6 Å². The third-order valence-corrected chi connectivity index (χ3v) is 5.83. The van der Waals surface area contributed by atoms with E-state index in [4.69, 9.17) is 4.74 Å². The number of nitrogens with one attached hydrogen (secondary N) is 1. The summed E-state index contributed by atoms with van der Waals surface area (Å²) in [6.45, 7) is 2.99. The van der Waals surface area contributed by atoms with Crippen molar-refractivity contribution < 1.29 is 4.74 Å². The summed E-state index contributed by atoms with van der Waals surface area (Å²) in [6.07, 6.45) is 5.28. The number of hydrogen-bond donors (Lipinski definition) is 1. The van der Waals surface area contributed by atoms with Gasteiger partial charge < -0.3 is 10.1 Å². The van der Waals surface area contributed by atoms with Crippen LogP contribution in [0.4, 0.5) is 0 Å². The van der Waals surface area contributed by atoms with Gasteiger partial charge in [0, 0.05) is 20.8 Å². The summed E-state index contributed by atoms with van der Waals surface area (Å²) in [4.78, 5) is 1.49. The van der Waals surface area contributed by atoms with Crippen LogP contribution >= 0.6 is 27.3 Å². The molecule has 0 spiro atoms. The molecule has 3 heterocycles. The maximum Gasteiger partial charge on any atom is 0.0594 e. The van der Waals surface area contributed by atoms with Gasteiger partial charge in [-0.05, 0) is 47.8 Å². The Morgan fingerprint density at radius 2 is 2.35 bits per heavy atom. The highest BCUT2D eigenvalue weighted by Crippen LogP contribution is 2.41. The van der Waals surface area contributed by atoms with Gasteiger partial charge in [0.2, 0.25) is 0 Å². The molecule has 0 aliphatic carbocycles. The zero-order valence-electron chi connectivity index (χ0n) is 9.88. The highest BCUT2D eigenvalue weighted by atomic mass is 79.9. The van der Waals surface area contributed by atoms with Crippen molar-refractivity contribution in [2.24, 2.45) is 0 Å². The molecule has 0 bridgehead atoms. The Kier molecular flexibility index (Phi) is 3.57. The van der Waals surface area contributed by atoms with Crippen molar-refractivity contribution in [2.75, 3.05) is 19.8 Å². The van der Waals surface area contributed by atoms with Gasteiger partial charge in [-0.25, -0.2) is 0 Å². The fourth-order valence-corrected chi connectivity index (χ4v) is 4.48. The van der Waals surface area contributed by atoms with Crippen molar-refractivity contribution in [1.82, 2.24) is 5.32 Å². The second-order valence-corrected chi connectivity index (χ2v) is 7.08. The van der Waals surface area contributed by atoms with Gasteiger partial charge in [0.05, 0.1) is 18.6 Å². The average Bonchev–Trinajstić information content (AvgIpc) is 2.72. The SMILES string of the molecule is Brc1csc(C2(CC3CCCCN3)COC2)c1. The van der Waals surface area contributed by atoms with E-state index < -0.39 is 0 Å². The molecule has 17 heavy (non-hydrogen) atoms. The van der Waals surface area contributed by atoms with E-state index in [1.807, 2.05) is 11.3 Å². The molecule has 1 atom stereocenters. The van der Waals surface area contributed by atoms with E-state index >= 15 is 0 Å². The molecule has 4 heteroatoms. The van der Waals surface area contributed by atoms with Crippen LogP contribution in [-0.4, -0.2) is 25.8 Å². The van der Waals surface area contributed by atoms with Crippen LogP contribution < -0.4 is 5.32 Å². The van der Waals surface area contributed by atoms with E-state index in [0.717, 1.165) is 13.2 Å². The number of hydrogen-bond acceptors (Lipinski definition) is 3. The van der Waals surface area contributed by atoms with E-state index in [0.29, 0.717) is 11.5 Å². The van der Waals surface area contributed by atoms with Gasteiger partial charge in [-0.1, -0.05) is 6.42 Å². The normalized spacial score (nSPS) is 27.7. The van der Waals surface area contributed by atoms with Crippen molar-refractivity contribution in [2.45, 2.75) is 37.1 Å². The van der Waals surface area contributed by atoms with Gasteiger partial charge in [-0.3, -0.25) is 0 Å². The summed E-state index contributed by atoms with van der Waals surface area (Å²) in [6, 6.07) is 2.96. The van der Waals surface area contributed by atoms with E-state index in [1.54, 1.807) is 0 Å². The molecule has 1 N–H and O–H groups in total. The van der Waals surface area contributed by atoms with E-state index in [9.17, 15) is 0 Å². The number of piperidine rings is 1. The lowest BCUT2D eigenvalue weighted by Gasteiger charge is -2.44. The first-order valence-electron chi connectivity index (χ1n) is 6.34. The molecular weight excluding hydrogens is 298 g/mol. The van der Waals surface area contributed by atoms with Crippen molar-refractivity contribution in [1.29, 1.82) is 0 Å². The first-order chi connectivity index (χ1) is 8.28. The number of rotatable bonds is 3. The monoisotopic (exact) mass is 315 g/mol. The van der Waals surface area contributed by atoms with Crippen LogP contribution in [0.15, 0.2) is 15.9 Å². The number of thiophene rings is 1. The molecule has 1 unspecified atom stereocenters. The summed E-state index contributed by atoms with van der Waals surface area (Å²) in [5.74, 6) is 0. The summed E-state index contributed by atoms with van der Waals surface area (Å²) in [5.41, 5.74) is 0.297. The lowest BCUT2D eigenvalue weighted by molar-refractivity contribution is -0.0677. The van der Waals surface area contributed by atoms with Gasteiger partial charge in [-0.2, -0.15) is 0 Å². The topological polar surface area (TPSA) is 21.3 Å². The molecule has 2 saturated heterocycles. The van der Waals surface area contributed by atoms with Crippen LogP contribution in [0.1, 0.15) is 30.6 Å². The fourth-order valence-electron chi connectivity index (χ4n) is 2.87. The van der Waals surface area contributed by atoms with Gasteiger partial charge in [0.15, 0.2) is 0 Å². The van der Waals surface area contributed by atoms with Gasteiger partial charge in [0.1, 0.15) is 0 Å². The van der Waals surface area contributed by atoms with Crippen LogP contribution in [-0.2, 0) is 10.2 Å². The molecule has 0 amide bonds. The first kappa shape index (κ1) is 12.2. The summed E-state index contributed by atoms with van der Waals surface area (Å²) in [7, 11) is 0. The average molecular weight is 316 g/mol. The first-order valence-corrected chi connectivity index (χ1v) is 8.01. The van der Waals surface area contributed by atoms with Gasteiger partial charge >= 0.3 is 0 Å². The molecule has 2 fully saturated rings. The predicted octanol–water partition coefficient (Wildman–Crippen LogP) is 3.31. The Morgan fingerprint density at radius 3 is 2.88 bits per heavy atom. The highest BCUT2D eigenvalue weighted by Gasteiger charge is 2.43. The second-order valence-electron chi connectivity index (χ2n) is 5.25. The highest BCUT2D eigenvalue weighted by molar-refractivity contribution is 9.10. The van der Waals surface area contributed by atoms with Crippen LogP contribution in [0, 0.1) is 0 Å². The molecule has 2 nitrogen and oxygen atoms in total. The molecule has 2 aliphatic rings. The second kappa shape index (κ2) is 5.00. The van der Waals surface area contributed by atoms with E-state index in [-0.39, 0.29) is 0 Å². The van der Waals surface area contributed by atoms with E-state index in [2.05, 4.69) is 32.7 Å². The zero-order valence-corrected chi connectivity index (χ0v) is 12.3. The standard InChI is InChI=1S/C13H18BrNOS/c14-10-5-12(17-7-10)13(8-16-9-13)6-11-3-1-2-4-15-11/h5,7,11,15H,1-4,6,8-9H2. The smallest absolute Gasteiger partial charge is 0.0594 e. The molecule has 3 rings (SSSR count). The third kappa shape index (κ3) is 2.46. The fraction of sp³-hybridized carbons (Fsp3) is 0.692. The molecule has 1 aromatic heterocycles. The minimum atomic E-state index is 0.297. The largest absolute Gasteiger partial charge is 0.379 e. The van der Waals surface area contributed by atoms with Crippen LogP contribution in [0.25, 0.3) is 0 Å². The quantitative estimate of drug-likeness (QED) is 0.924. The van der Waals surface area contributed by atoms with Gasteiger partial charge in [-0.15, -0.1) is 11.3 Å². The Labute approximate surface area is 115 Å². The molecule has 2 aliphatic heterocycles. The molecular formula is C13H18BrNOS. The maximum atomic E-state index is 5.51. The third-order valence-electron chi connectivity index (χ3n) is 3.90. The zero-order chi connectivity index (χ0) is 11.7. The number of ether oxygens (including phenoxy) is 1. The lowest BCUT2D eigenvalue weighted by Crippen LogP contribution is -2.51. The van der Waals surface area contributed by atoms with Crippen molar-refractivity contribution in [3.8, 4) is 0 Å².